The Balaban J connectivity index is 1.43. The number of esters is 1. The van der Waals surface area contributed by atoms with Crippen LogP contribution < -0.4 is 10.6 Å². The molecule has 0 unspecified atom stereocenters. The highest BCUT2D eigenvalue weighted by Crippen LogP contribution is 2.76. The largest absolute Gasteiger partial charge is 0.480 e. The van der Waals surface area contributed by atoms with Crippen LogP contribution in [0.3, 0.4) is 0 Å². The van der Waals surface area contributed by atoms with E-state index in [0.29, 0.717) is 41.9 Å². The standard InChI is InChI=1S/C36H60N2O5/c1-9-10-29(41)43-27-15-16-33(6)25(32(27,4)5)14-17-35(8)26(33)12-11-24-30-23(22(2)3)13-18-36(30,20-19-34(24,35)7)38-31(42)37-21-28(39)40/h22-27,30H,9-21H2,1-8H3,(H,39,40)(H2,37,38,42)/t23-,24+,25-,26+,27+,30+,33-,34+,35+,36-/m0/s1. The number of carboxylic acids is 1. The van der Waals surface area contributed by atoms with E-state index in [1.165, 1.54) is 25.7 Å². The lowest BCUT2D eigenvalue weighted by Crippen LogP contribution is -2.69. The zero-order valence-corrected chi connectivity index (χ0v) is 28.3. The van der Waals surface area contributed by atoms with Crippen molar-refractivity contribution < 1.29 is 24.2 Å². The van der Waals surface area contributed by atoms with E-state index in [2.05, 4.69) is 59.1 Å². The van der Waals surface area contributed by atoms with Crippen LogP contribution in [0.2, 0.25) is 0 Å². The van der Waals surface area contributed by atoms with E-state index in [9.17, 15) is 14.4 Å². The van der Waals surface area contributed by atoms with Crippen molar-refractivity contribution in [2.45, 2.75) is 144 Å². The molecule has 0 saturated heterocycles. The number of carbonyl (C=O) groups is 3. The molecule has 0 aromatic carbocycles. The predicted molar refractivity (Wildman–Crippen MR) is 168 cm³/mol. The summed E-state index contributed by atoms with van der Waals surface area (Å²) in [5.41, 5.74) is 0.315. The third kappa shape index (κ3) is 5.01. The van der Waals surface area contributed by atoms with Crippen LogP contribution in [0.4, 0.5) is 4.79 Å². The lowest BCUT2D eigenvalue weighted by atomic mass is 9.32. The Morgan fingerprint density at radius 3 is 2.23 bits per heavy atom. The quantitative estimate of drug-likeness (QED) is 0.261. The van der Waals surface area contributed by atoms with Crippen LogP contribution in [-0.4, -0.2) is 41.3 Å². The van der Waals surface area contributed by atoms with Crippen molar-refractivity contribution in [1.29, 1.82) is 0 Å². The van der Waals surface area contributed by atoms with Gasteiger partial charge in [0.2, 0.25) is 0 Å². The van der Waals surface area contributed by atoms with E-state index in [4.69, 9.17) is 9.84 Å². The van der Waals surface area contributed by atoms with Gasteiger partial charge in [-0.2, -0.15) is 0 Å². The van der Waals surface area contributed by atoms with Crippen molar-refractivity contribution in [1.82, 2.24) is 10.6 Å². The highest BCUT2D eigenvalue weighted by molar-refractivity contribution is 5.80. The van der Waals surface area contributed by atoms with Crippen LogP contribution in [-0.2, 0) is 14.3 Å². The van der Waals surface area contributed by atoms with Gasteiger partial charge in [0, 0.05) is 17.4 Å². The molecule has 0 aromatic rings. The van der Waals surface area contributed by atoms with Gasteiger partial charge in [0.05, 0.1) is 0 Å². The first-order valence-corrected chi connectivity index (χ1v) is 17.5. The number of ether oxygens (including phenoxy) is 1. The van der Waals surface area contributed by atoms with Gasteiger partial charge >= 0.3 is 18.0 Å². The Morgan fingerprint density at radius 1 is 0.860 bits per heavy atom. The molecule has 0 heterocycles. The van der Waals surface area contributed by atoms with Gasteiger partial charge in [0.15, 0.2) is 0 Å². The molecule has 5 aliphatic rings. The summed E-state index contributed by atoms with van der Waals surface area (Å²) >= 11 is 0. The molecule has 0 aromatic heterocycles. The molecule has 5 aliphatic carbocycles. The normalized spacial score (nSPS) is 44.8. The van der Waals surface area contributed by atoms with Crippen LogP contribution >= 0.6 is 0 Å². The Labute approximate surface area is 260 Å². The molecule has 3 N–H and O–H groups in total. The second kappa shape index (κ2) is 11.2. The molecule has 0 spiro atoms. The Bertz CT molecular complexity index is 1110. The lowest BCUT2D eigenvalue weighted by Gasteiger charge is -2.73. The second-order valence-corrected chi connectivity index (χ2v) is 17.1. The summed E-state index contributed by atoms with van der Waals surface area (Å²) in [4.78, 5) is 36.8. The molecule has 0 aliphatic heterocycles. The van der Waals surface area contributed by atoms with Gasteiger partial charge in [-0.25, -0.2) is 4.79 Å². The zero-order valence-electron chi connectivity index (χ0n) is 28.3. The maximum atomic E-state index is 13.0. The number of aliphatic carboxylic acids is 1. The molecule has 7 nitrogen and oxygen atoms in total. The molecule has 244 valence electrons. The van der Waals surface area contributed by atoms with Gasteiger partial charge in [-0.15, -0.1) is 0 Å². The molecule has 43 heavy (non-hydrogen) atoms. The van der Waals surface area contributed by atoms with Crippen LogP contribution in [0.25, 0.3) is 0 Å². The topological polar surface area (TPSA) is 105 Å². The van der Waals surface area contributed by atoms with Gasteiger partial charge in [0.25, 0.3) is 0 Å². The summed E-state index contributed by atoms with van der Waals surface area (Å²) in [5.74, 6) is 2.16. The van der Waals surface area contributed by atoms with Crippen LogP contribution in [0.1, 0.15) is 132 Å². The summed E-state index contributed by atoms with van der Waals surface area (Å²) in [5, 5.41) is 15.1. The highest BCUT2D eigenvalue weighted by atomic mass is 16.5. The summed E-state index contributed by atoms with van der Waals surface area (Å²) < 4.78 is 6.15. The molecular formula is C36H60N2O5. The molecule has 5 rings (SSSR count). The average Bonchev–Trinajstić information content (AvgIpc) is 3.29. The van der Waals surface area contributed by atoms with Gasteiger partial charge in [0.1, 0.15) is 12.6 Å². The van der Waals surface area contributed by atoms with E-state index < -0.39 is 5.97 Å². The zero-order chi connectivity index (χ0) is 31.6. The van der Waals surface area contributed by atoms with Crippen molar-refractivity contribution >= 4 is 18.0 Å². The third-order valence-electron chi connectivity index (χ3n) is 14.8. The molecule has 5 fully saturated rings. The Hall–Kier alpha value is -1.79. The number of hydrogen-bond donors (Lipinski definition) is 3. The highest BCUT2D eigenvalue weighted by Gasteiger charge is 2.71. The predicted octanol–water partition coefficient (Wildman–Crippen LogP) is 7.57. The Morgan fingerprint density at radius 2 is 1.58 bits per heavy atom. The van der Waals surface area contributed by atoms with E-state index in [1.54, 1.807) is 0 Å². The minimum absolute atomic E-state index is 0.000148. The number of carbonyl (C=O) groups excluding carboxylic acids is 2. The van der Waals surface area contributed by atoms with E-state index in [-0.39, 0.29) is 51.8 Å². The first-order chi connectivity index (χ1) is 20.1. The fourth-order valence-corrected chi connectivity index (χ4v) is 12.6. The van der Waals surface area contributed by atoms with Crippen molar-refractivity contribution in [2.24, 2.45) is 57.2 Å². The van der Waals surface area contributed by atoms with Crippen molar-refractivity contribution in [3.63, 3.8) is 0 Å². The maximum Gasteiger partial charge on any atom is 0.323 e. The van der Waals surface area contributed by atoms with Crippen molar-refractivity contribution in [2.75, 3.05) is 6.54 Å². The van der Waals surface area contributed by atoms with Crippen LogP contribution in [0, 0.1) is 57.2 Å². The van der Waals surface area contributed by atoms with E-state index in [0.717, 1.165) is 44.9 Å². The number of rotatable bonds is 7. The van der Waals surface area contributed by atoms with Crippen molar-refractivity contribution in [3.8, 4) is 0 Å². The summed E-state index contributed by atoms with van der Waals surface area (Å²) in [6, 6.07) is -0.327. The SMILES string of the molecule is CCCC(=O)O[C@@H]1CC[C@]2(C)[C@H]3CC[C@@H]4[C@H]5[C@H](C(C)C)CC[C@]5(NC(=O)NCC(=O)O)CC[C@@]4(C)[C@]3(C)CC[C@H]2C1(C)C. The van der Waals surface area contributed by atoms with Gasteiger partial charge in [-0.3, -0.25) is 9.59 Å². The van der Waals surface area contributed by atoms with Crippen LogP contribution in [0.5, 0.6) is 0 Å². The monoisotopic (exact) mass is 600 g/mol. The van der Waals surface area contributed by atoms with E-state index in [1.807, 2.05) is 6.92 Å². The lowest BCUT2D eigenvalue weighted by molar-refractivity contribution is -0.247. The fraction of sp³-hybridized carbons (Fsp3) is 0.917. The van der Waals surface area contributed by atoms with Crippen LogP contribution in [0.15, 0.2) is 0 Å². The fourth-order valence-electron chi connectivity index (χ4n) is 12.6. The summed E-state index contributed by atoms with van der Waals surface area (Å²) in [6.45, 7) is 19.0. The molecular weight excluding hydrogens is 540 g/mol. The molecule has 0 bridgehead atoms. The van der Waals surface area contributed by atoms with Crippen molar-refractivity contribution in [3.05, 3.63) is 0 Å². The first-order valence-electron chi connectivity index (χ1n) is 17.5. The number of hydrogen-bond acceptors (Lipinski definition) is 4. The number of nitrogens with one attached hydrogen (secondary N) is 2. The number of urea groups is 1. The number of carboxylic acid groups (broad SMARTS) is 1. The summed E-state index contributed by atoms with van der Waals surface area (Å²) in [6.07, 6.45) is 12.4. The number of amides is 2. The molecule has 0 radical (unpaired) electrons. The molecule has 5 saturated carbocycles. The van der Waals surface area contributed by atoms with Gasteiger partial charge in [-0.1, -0.05) is 55.4 Å². The molecule has 7 heteroatoms. The molecule has 2 amide bonds. The maximum absolute atomic E-state index is 13.0. The van der Waals surface area contributed by atoms with E-state index >= 15 is 0 Å². The number of fused-ring (bicyclic) bond motifs is 7. The minimum atomic E-state index is -1.02. The second-order valence-electron chi connectivity index (χ2n) is 17.1. The third-order valence-corrected chi connectivity index (χ3v) is 14.8. The average molecular weight is 601 g/mol. The Kier molecular flexibility index (Phi) is 8.51. The van der Waals surface area contributed by atoms with Gasteiger partial charge < -0.3 is 20.5 Å². The molecule has 10 atom stereocenters. The first kappa shape index (κ1) is 32.6. The smallest absolute Gasteiger partial charge is 0.323 e. The minimum Gasteiger partial charge on any atom is -0.480 e. The van der Waals surface area contributed by atoms with Gasteiger partial charge in [-0.05, 0) is 122 Å². The summed E-state index contributed by atoms with van der Waals surface area (Å²) in [7, 11) is 0.